The van der Waals surface area contributed by atoms with Crippen molar-refractivity contribution in [1.29, 1.82) is 0 Å². The highest BCUT2D eigenvalue weighted by molar-refractivity contribution is 7.98. The van der Waals surface area contributed by atoms with E-state index in [1.54, 1.807) is 11.8 Å². The van der Waals surface area contributed by atoms with E-state index in [9.17, 15) is 0 Å². The zero-order chi connectivity index (χ0) is 13.9. The molecule has 0 spiro atoms. The molecule has 0 aliphatic carbocycles. The fraction of sp³-hybridized carbons (Fsp3) is 0.625. The van der Waals surface area contributed by atoms with Gasteiger partial charge in [-0.25, -0.2) is 0 Å². The van der Waals surface area contributed by atoms with Gasteiger partial charge in [0.2, 0.25) is 0 Å². The molecule has 1 aromatic rings. The summed E-state index contributed by atoms with van der Waals surface area (Å²) in [6.07, 6.45) is 4.59. The van der Waals surface area contributed by atoms with Gasteiger partial charge in [0.15, 0.2) is 0 Å². The molecule has 19 heavy (non-hydrogen) atoms. The van der Waals surface area contributed by atoms with Crippen molar-refractivity contribution in [2.24, 2.45) is 0 Å². The Morgan fingerprint density at radius 3 is 2.26 bits per heavy atom. The van der Waals surface area contributed by atoms with Crippen LogP contribution in [0, 0.1) is 0 Å². The van der Waals surface area contributed by atoms with Crippen molar-refractivity contribution in [2.75, 3.05) is 26.4 Å². The van der Waals surface area contributed by atoms with Gasteiger partial charge in [-0.3, -0.25) is 4.90 Å². The van der Waals surface area contributed by atoms with E-state index in [0.29, 0.717) is 11.6 Å². The lowest BCUT2D eigenvalue weighted by Crippen LogP contribution is -2.50. The van der Waals surface area contributed by atoms with Crippen LogP contribution in [0.2, 0.25) is 0 Å². The van der Waals surface area contributed by atoms with Gasteiger partial charge in [0, 0.05) is 29.6 Å². The van der Waals surface area contributed by atoms with Crippen LogP contribution in [0.15, 0.2) is 29.2 Å². The largest absolute Gasteiger partial charge is 0.314 e. The Bertz CT molecular complexity index is 394. The Balaban J connectivity index is 1.98. The molecule has 1 saturated heterocycles. The molecule has 2 rings (SSSR count). The summed E-state index contributed by atoms with van der Waals surface area (Å²) in [4.78, 5) is 3.95. The second kappa shape index (κ2) is 6.29. The summed E-state index contributed by atoms with van der Waals surface area (Å²) >= 11 is 1.81. The molecule has 0 aromatic heterocycles. The quantitative estimate of drug-likeness (QED) is 0.848. The molecule has 1 atom stereocenters. The van der Waals surface area contributed by atoms with Crippen molar-refractivity contribution >= 4 is 11.8 Å². The van der Waals surface area contributed by atoms with Crippen LogP contribution in [0.3, 0.4) is 0 Å². The Labute approximate surface area is 122 Å². The maximum Gasteiger partial charge on any atom is 0.0319 e. The van der Waals surface area contributed by atoms with E-state index < -0.39 is 0 Å². The standard InChI is InChI=1S/C16H26N2S/c1-13(14-5-7-15(19-4)8-6-14)18-11-9-16(2,17-3)10-12-18/h5-8,13,17H,9-12H2,1-4H3. The van der Waals surface area contributed by atoms with E-state index in [0.717, 1.165) is 0 Å². The highest BCUT2D eigenvalue weighted by atomic mass is 32.2. The number of likely N-dealkylation sites (tertiary alicyclic amines) is 1. The highest BCUT2D eigenvalue weighted by Crippen LogP contribution is 2.29. The van der Waals surface area contributed by atoms with E-state index in [-0.39, 0.29) is 0 Å². The zero-order valence-electron chi connectivity index (χ0n) is 12.6. The molecular weight excluding hydrogens is 252 g/mol. The van der Waals surface area contributed by atoms with Crippen molar-refractivity contribution < 1.29 is 0 Å². The lowest BCUT2D eigenvalue weighted by molar-refractivity contribution is 0.117. The smallest absolute Gasteiger partial charge is 0.0319 e. The molecular formula is C16H26N2S. The first kappa shape index (κ1) is 14.9. The Morgan fingerprint density at radius 2 is 1.79 bits per heavy atom. The molecule has 1 N–H and O–H groups in total. The lowest BCUT2D eigenvalue weighted by Gasteiger charge is -2.42. The average Bonchev–Trinajstić information content (AvgIpc) is 2.47. The van der Waals surface area contributed by atoms with Crippen molar-refractivity contribution in [3.8, 4) is 0 Å². The van der Waals surface area contributed by atoms with Crippen LogP contribution in [-0.2, 0) is 0 Å². The number of hydrogen-bond donors (Lipinski definition) is 1. The molecule has 1 aromatic carbocycles. The number of hydrogen-bond acceptors (Lipinski definition) is 3. The third-order valence-corrected chi connectivity index (χ3v) is 5.39. The summed E-state index contributed by atoms with van der Waals surface area (Å²) in [5.74, 6) is 0. The van der Waals surface area contributed by atoms with Crippen LogP contribution < -0.4 is 5.32 Å². The Hall–Kier alpha value is -0.510. The molecule has 1 unspecified atom stereocenters. The fourth-order valence-electron chi connectivity index (χ4n) is 2.75. The molecule has 0 radical (unpaired) electrons. The summed E-state index contributed by atoms with van der Waals surface area (Å²) < 4.78 is 0. The predicted molar refractivity (Wildman–Crippen MR) is 84.9 cm³/mol. The summed E-state index contributed by atoms with van der Waals surface area (Å²) in [6, 6.07) is 9.55. The van der Waals surface area contributed by atoms with Crippen LogP contribution in [0.1, 0.15) is 38.3 Å². The first-order valence-corrected chi connectivity index (χ1v) is 8.37. The van der Waals surface area contributed by atoms with E-state index in [1.807, 2.05) is 0 Å². The summed E-state index contributed by atoms with van der Waals surface area (Å²) in [5, 5.41) is 3.47. The number of nitrogens with one attached hydrogen (secondary N) is 1. The van der Waals surface area contributed by atoms with E-state index in [4.69, 9.17) is 0 Å². The molecule has 1 aliphatic heterocycles. The first-order valence-electron chi connectivity index (χ1n) is 7.15. The van der Waals surface area contributed by atoms with Crippen LogP contribution >= 0.6 is 11.8 Å². The SMILES string of the molecule is CNC1(C)CCN(C(C)c2ccc(SC)cc2)CC1. The number of rotatable bonds is 4. The Kier molecular flexibility index (Phi) is 4.93. The highest BCUT2D eigenvalue weighted by Gasteiger charge is 2.30. The van der Waals surface area contributed by atoms with E-state index in [1.165, 1.54) is 36.4 Å². The van der Waals surface area contributed by atoms with E-state index >= 15 is 0 Å². The van der Waals surface area contributed by atoms with Crippen LogP contribution in [0.25, 0.3) is 0 Å². The van der Waals surface area contributed by atoms with E-state index in [2.05, 4.69) is 61.6 Å². The number of nitrogens with zero attached hydrogens (tertiary/aromatic N) is 1. The van der Waals surface area contributed by atoms with Gasteiger partial charge in [-0.1, -0.05) is 12.1 Å². The summed E-state index contributed by atoms with van der Waals surface area (Å²) in [7, 11) is 2.08. The summed E-state index contributed by atoms with van der Waals surface area (Å²) in [5.41, 5.74) is 1.77. The van der Waals surface area contributed by atoms with Gasteiger partial charge < -0.3 is 5.32 Å². The minimum absolute atomic E-state index is 0.332. The molecule has 1 aliphatic rings. The van der Waals surface area contributed by atoms with Crippen LogP contribution in [0.5, 0.6) is 0 Å². The average molecular weight is 278 g/mol. The molecule has 3 heteroatoms. The first-order chi connectivity index (χ1) is 9.08. The van der Waals surface area contributed by atoms with Gasteiger partial charge >= 0.3 is 0 Å². The van der Waals surface area contributed by atoms with Crippen LogP contribution in [0.4, 0.5) is 0 Å². The number of thioether (sulfide) groups is 1. The summed E-state index contributed by atoms with van der Waals surface area (Å²) in [6.45, 7) is 7.03. The van der Waals surface area contributed by atoms with Gasteiger partial charge in [0.05, 0.1) is 0 Å². The predicted octanol–water partition coefficient (Wildman–Crippen LogP) is 3.54. The third-order valence-electron chi connectivity index (χ3n) is 4.65. The monoisotopic (exact) mass is 278 g/mol. The van der Waals surface area contributed by atoms with Crippen molar-refractivity contribution in [2.45, 2.75) is 43.2 Å². The minimum Gasteiger partial charge on any atom is -0.314 e. The third kappa shape index (κ3) is 3.53. The molecule has 106 valence electrons. The molecule has 0 saturated carbocycles. The minimum atomic E-state index is 0.332. The molecule has 2 nitrogen and oxygen atoms in total. The maximum absolute atomic E-state index is 3.47. The Morgan fingerprint density at radius 1 is 1.21 bits per heavy atom. The van der Waals surface area contributed by atoms with Gasteiger partial charge in [0.25, 0.3) is 0 Å². The molecule has 0 amide bonds. The second-order valence-corrected chi connectivity index (χ2v) is 6.68. The zero-order valence-corrected chi connectivity index (χ0v) is 13.4. The second-order valence-electron chi connectivity index (χ2n) is 5.80. The number of benzene rings is 1. The van der Waals surface area contributed by atoms with Crippen LogP contribution in [-0.4, -0.2) is 36.8 Å². The number of piperidine rings is 1. The molecule has 1 heterocycles. The van der Waals surface area contributed by atoms with Gasteiger partial charge in [-0.15, -0.1) is 11.8 Å². The maximum atomic E-state index is 3.47. The molecule has 1 fully saturated rings. The van der Waals surface area contributed by atoms with Gasteiger partial charge in [0.1, 0.15) is 0 Å². The lowest BCUT2D eigenvalue weighted by atomic mass is 9.88. The fourth-order valence-corrected chi connectivity index (χ4v) is 3.16. The van der Waals surface area contributed by atoms with Crippen molar-refractivity contribution in [3.05, 3.63) is 29.8 Å². The molecule has 0 bridgehead atoms. The van der Waals surface area contributed by atoms with Gasteiger partial charge in [-0.05, 0) is 57.7 Å². The van der Waals surface area contributed by atoms with Crippen molar-refractivity contribution in [3.63, 3.8) is 0 Å². The van der Waals surface area contributed by atoms with Gasteiger partial charge in [-0.2, -0.15) is 0 Å². The normalized spacial score (nSPS) is 21.3. The topological polar surface area (TPSA) is 15.3 Å². The van der Waals surface area contributed by atoms with Crippen molar-refractivity contribution in [1.82, 2.24) is 10.2 Å².